The molecule has 0 unspecified atom stereocenters. The van der Waals surface area contributed by atoms with Crippen LogP contribution in [0.25, 0.3) is 6.08 Å². The van der Waals surface area contributed by atoms with Gasteiger partial charge >= 0.3 is 5.91 Å². The van der Waals surface area contributed by atoms with E-state index in [1.54, 1.807) is 6.08 Å². The van der Waals surface area contributed by atoms with E-state index in [-0.39, 0.29) is 0 Å². The molecule has 0 aliphatic carbocycles. The van der Waals surface area contributed by atoms with Crippen molar-refractivity contribution in [2.24, 2.45) is 5.18 Å². The van der Waals surface area contributed by atoms with Crippen LogP contribution < -0.4 is 0 Å². The Bertz CT molecular complexity index is 356. The summed E-state index contributed by atoms with van der Waals surface area (Å²) in [5.74, 6) is -0.762. The molecule has 1 aromatic carbocycles. The topological polar surface area (TPSA) is 46.5 Å². The van der Waals surface area contributed by atoms with Gasteiger partial charge in [-0.2, -0.15) is 0 Å². The van der Waals surface area contributed by atoms with Crippen molar-refractivity contribution in [2.75, 3.05) is 0 Å². The molecule has 1 aromatic rings. The first-order chi connectivity index (χ1) is 6.22. The van der Waals surface area contributed by atoms with Crippen LogP contribution in [0.2, 0.25) is 0 Å². The van der Waals surface area contributed by atoms with Gasteiger partial charge in [0.1, 0.15) is 0 Å². The number of benzene rings is 1. The molecule has 0 heterocycles. The largest absolute Gasteiger partial charge is 0.309 e. The number of carbonyl (C=O) groups excluding carboxylic acids is 1. The first kappa shape index (κ1) is 9.32. The first-order valence-electron chi connectivity index (χ1n) is 3.84. The molecule has 0 saturated heterocycles. The van der Waals surface area contributed by atoms with Crippen molar-refractivity contribution >= 4 is 12.0 Å². The van der Waals surface area contributed by atoms with Crippen molar-refractivity contribution in [1.82, 2.24) is 0 Å². The molecular formula is C10H9NO2. The number of aryl methyl sites for hydroxylation is 1. The minimum atomic E-state index is -0.762. The third-order valence-corrected chi connectivity index (χ3v) is 1.55. The average Bonchev–Trinajstić information content (AvgIpc) is 2.14. The highest BCUT2D eigenvalue weighted by molar-refractivity contribution is 5.92. The van der Waals surface area contributed by atoms with Gasteiger partial charge in [-0.25, -0.2) is 0 Å². The minimum absolute atomic E-state index is 0.762. The van der Waals surface area contributed by atoms with Gasteiger partial charge in [0.15, 0.2) is 0 Å². The fourth-order valence-corrected chi connectivity index (χ4v) is 0.972. The van der Waals surface area contributed by atoms with Crippen molar-refractivity contribution < 1.29 is 4.79 Å². The highest BCUT2D eigenvalue weighted by atomic mass is 16.3. The van der Waals surface area contributed by atoms with Crippen LogP contribution in [-0.2, 0) is 4.79 Å². The van der Waals surface area contributed by atoms with E-state index in [9.17, 15) is 9.70 Å². The number of nitrogens with zero attached hydrogens (tertiary/aromatic N) is 1. The molecule has 0 fully saturated rings. The highest BCUT2D eigenvalue weighted by Gasteiger charge is 1.92. The third kappa shape index (κ3) is 2.99. The second-order valence-electron chi connectivity index (χ2n) is 2.68. The van der Waals surface area contributed by atoms with E-state index in [0.717, 1.165) is 17.2 Å². The Morgan fingerprint density at radius 3 is 2.85 bits per heavy atom. The smallest absolute Gasteiger partial charge is 0.264 e. The lowest BCUT2D eigenvalue weighted by Crippen LogP contribution is -1.82. The van der Waals surface area contributed by atoms with E-state index in [1.807, 2.05) is 31.2 Å². The van der Waals surface area contributed by atoms with E-state index in [1.165, 1.54) is 0 Å². The predicted octanol–water partition coefficient (Wildman–Crippen LogP) is 2.30. The second-order valence-corrected chi connectivity index (χ2v) is 2.68. The summed E-state index contributed by atoms with van der Waals surface area (Å²) in [6.45, 7) is 1.96. The van der Waals surface area contributed by atoms with Crippen molar-refractivity contribution in [3.8, 4) is 0 Å². The van der Waals surface area contributed by atoms with E-state index in [2.05, 4.69) is 5.18 Å². The molecule has 1 amide bonds. The molecule has 0 saturated carbocycles. The van der Waals surface area contributed by atoms with Crippen LogP contribution in [0.15, 0.2) is 35.5 Å². The molecule has 3 nitrogen and oxygen atoms in total. The third-order valence-electron chi connectivity index (χ3n) is 1.55. The molecule has 3 heteroatoms. The molecule has 1 rings (SSSR count). The molecular weight excluding hydrogens is 166 g/mol. The number of nitroso groups, excluding NO2 is 1. The zero-order chi connectivity index (χ0) is 9.68. The number of hydrogen-bond donors (Lipinski definition) is 0. The minimum Gasteiger partial charge on any atom is -0.264 e. The quantitative estimate of drug-likeness (QED) is 0.511. The lowest BCUT2D eigenvalue weighted by molar-refractivity contribution is -0.113. The number of carbonyl (C=O) groups is 1. The fourth-order valence-electron chi connectivity index (χ4n) is 0.972. The van der Waals surface area contributed by atoms with Gasteiger partial charge in [-0.15, -0.1) is 4.91 Å². The molecule has 13 heavy (non-hydrogen) atoms. The molecule has 0 bridgehead atoms. The van der Waals surface area contributed by atoms with Gasteiger partial charge in [0.05, 0.1) is 0 Å². The van der Waals surface area contributed by atoms with E-state index in [4.69, 9.17) is 0 Å². The van der Waals surface area contributed by atoms with Crippen molar-refractivity contribution in [2.45, 2.75) is 6.92 Å². The Balaban J connectivity index is 2.79. The van der Waals surface area contributed by atoms with Crippen LogP contribution in [0.4, 0.5) is 0 Å². The molecule has 0 spiro atoms. The SMILES string of the molecule is Cc1cccc(/C=C\C(=O)N=O)c1. The monoisotopic (exact) mass is 175 g/mol. The van der Waals surface area contributed by atoms with Crippen LogP contribution in [0, 0.1) is 11.8 Å². The normalized spacial score (nSPS) is 10.2. The van der Waals surface area contributed by atoms with Gasteiger partial charge in [0, 0.05) is 11.3 Å². The van der Waals surface area contributed by atoms with E-state index >= 15 is 0 Å². The summed E-state index contributed by atoms with van der Waals surface area (Å²) in [4.78, 5) is 20.2. The molecule has 66 valence electrons. The molecule has 0 N–H and O–H groups in total. The first-order valence-corrected chi connectivity index (χ1v) is 3.84. The average molecular weight is 175 g/mol. The summed E-state index contributed by atoms with van der Waals surface area (Å²) < 4.78 is 0. The van der Waals surface area contributed by atoms with E-state index in [0.29, 0.717) is 0 Å². The Morgan fingerprint density at radius 1 is 1.46 bits per heavy atom. The lowest BCUT2D eigenvalue weighted by Gasteiger charge is -1.93. The van der Waals surface area contributed by atoms with Gasteiger partial charge in [0.25, 0.3) is 0 Å². The maximum Gasteiger partial charge on any atom is 0.309 e. The second kappa shape index (κ2) is 4.30. The van der Waals surface area contributed by atoms with Gasteiger partial charge in [-0.3, -0.25) is 4.79 Å². The molecule has 0 aromatic heterocycles. The van der Waals surface area contributed by atoms with Gasteiger partial charge in [-0.05, 0) is 18.6 Å². The number of amides is 1. The zero-order valence-electron chi connectivity index (χ0n) is 7.23. The summed E-state index contributed by atoms with van der Waals surface area (Å²) >= 11 is 0. The molecule has 0 atom stereocenters. The Kier molecular flexibility index (Phi) is 3.09. The summed E-state index contributed by atoms with van der Waals surface area (Å²) in [6.07, 6.45) is 2.72. The lowest BCUT2D eigenvalue weighted by atomic mass is 10.1. The van der Waals surface area contributed by atoms with Crippen LogP contribution >= 0.6 is 0 Å². The summed E-state index contributed by atoms with van der Waals surface area (Å²) in [6, 6.07) is 7.60. The van der Waals surface area contributed by atoms with Gasteiger partial charge in [-0.1, -0.05) is 29.8 Å². The van der Waals surface area contributed by atoms with Crippen LogP contribution in [-0.4, -0.2) is 5.91 Å². The Hall–Kier alpha value is -1.77. The zero-order valence-corrected chi connectivity index (χ0v) is 7.23. The van der Waals surface area contributed by atoms with Crippen molar-refractivity contribution in [3.05, 3.63) is 46.4 Å². The van der Waals surface area contributed by atoms with Crippen LogP contribution in [0.1, 0.15) is 11.1 Å². The van der Waals surface area contributed by atoms with Crippen molar-refractivity contribution in [1.29, 1.82) is 0 Å². The summed E-state index contributed by atoms with van der Waals surface area (Å²) in [7, 11) is 0. The molecule has 0 aliphatic heterocycles. The summed E-state index contributed by atoms with van der Waals surface area (Å²) in [5, 5.41) is 2.25. The predicted molar refractivity (Wildman–Crippen MR) is 51.0 cm³/mol. The van der Waals surface area contributed by atoms with Crippen LogP contribution in [0.3, 0.4) is 0 Å². The maximum absolute atomic E-state index is 10.5. The van der Waals surface area contributed by atoms with E-state index < -0.39 is 5.91 Å². The van der Waals surface area contributed by atoms with Crippen molar-refractivity contribution in [3.63, 3.8) is 0 Å². The molecule has 0 aliphatic rings. The van der Waals surface area contributed by atoms with Gasteiger partial charge in [0.2, 0.25) is 0 Å². The maximum atomic E-state index is 10.5. The Morgan fingerprint density at radius 2 is 2.23 bits per heavy atom. The Labute approximate surface area is 76.1 Å². The summed E-state index contributed by atoms with van der Waals surface area (Å²) in [5.41, 5.74) is 1.99. The van der Waals surface area contributed by atoms with Crippen LogP contribution in [0.5, 0.6) is 0 Å². The molecule has 0 radical (unpaired) electrons. The fraction of sp³-hybridized carbons (Fsp3) is 0.100. The number of rotatable bonds is 2. The highest BCUT2D eigenvalue weighted by Crippen LogP contribution is 2.05. The standard InChI is InChI=1S/C10H9NO2/c1-8-3-2-4-9(7-8)5-6-10(12)11-13/h2-7H,1H3/b6-5-. The van der Waals surface area contributed by atoms with Gasteiger partial charge < -0.3 is 0 Å². The number of hydrogen-bond acceptors (Lipinski definition) is 2.